The summed E-state index contributed by atoms with van der Waals surface area (Å²) in [5, 5.41) is 0. The van der Waals surface area contributed by atoms with Crippen molar-refractivity contribution in [3.05, 3.63) is 29.6 Å². The summed E-state index contributed by atoms with van der Waals surface area (Å²) < 4.78 is 65.1. The molecule has 0 aliphatic heterocycles. The van der Waals surface area contributed by atoms with Gasteiger partial charge in [-0.05, 0) is 0 Å². The Morgan fingerprint density at radius 1 is 1.25 bits per heavy atom. The molecule has 0 N–H and O–H groups in total. The summed E-state index contributed by atoms with van der Waals surface area (Å²) in [6, 6.07) is 0.463. The average Bonchev–Trinajstić information content (AvgIpc) is 2.12. The van der Waals surface area contributed by atoms with E-state index < -0.39 is 39.1 Å². The predicted molar refractivity (Wildman–Crippen MR) is 48.3 cm³/mol. The smallest absolute Gasteiger partial charge is 0.253 e. The van der Waals surface area contributed by atoms with Gasteiger partial charge in [-0.3, -0.25) is 4.18 Å². The summed E-state index contributed by atoms with van der Waals surface area (Å²) >= 11 is 0. The van der Waals surface area contributed by atoms with E-state index in [-0.39, 0.29) is 12.1 Å². The Bertz CT molecular complexity index is 523. The van der Waals surface area contributed by atoms with Crippen LogP contribution in [0.3, 0.4) is 0 Å². The van der Waals surface area contributed by atoms with E-state index in [2.05, 4.69) is 4.18 Å². The third-order valence-electron chi connectivity index (χ3n) is 1.51. The second-order valence-electron chi connectivity index (χ2n) is 2.62. The lowest BCUT2D eigenvalue weighted by molar-refractivity contribution is 0.354. The number of hydrogen-bond donors (Lipinski definition) is 0. The zero-order chi connectivity index (χ0) is 12.3. The van der Waals surface area contributed by atoms with Crippen molar-refractivity contribution in [3.63, 3.8) is 0 Å². The monoisotopic (exact) mass is 250 g/mol. The minimum absolute atomic E-state index is 0.231. The number of rotatable bonds is 3. The van der Waals surface area contributed by atoms with Crippen LogP contribution in [0.25, 0.3) is 0 Å². The standard InChI is InChI=1S/C9H5F3O3S/c1-2-3-15-16(13,14)9-7(11)4-6(10)5-8(9)12/h1,4-5H,3H2. The van der Waals surface area contributed by atoms with Crippen molar-refractivity contribution in [2.45, 2.75) is 4.90 Å². The third kappa shape index (κ3) is 2.53. The normalized spacial score (nSPS) is 11.1. The molecule has 3 nitrogen and oxygen atoms in total. The van der Waals surface area contributed by atoms with Gasteiger partial charge in [0.2, 0.25) is 0 Å². The van der Waals surface area contributed by atoms with Crippen molar-refractivity contribution in [1.82, 2.24) is 0 Å². The Morgan fingerprint density at radius 3 is 2.19 bits per heavy atom. The van der Waals surface area contributed by atoms with Crippen molar-refractivity contribution in [3.8, 4) is 12.3 Å². The minimum Gasteiger partial charge on any atom is -0.253 e. The Balaban J connectivity index is 3.29. The fourth-order valence-electron chi connectivity index (χ4n) is 0.938. The van der Waals surface area contributed by atoms with Gasteiger partial charge in [0.15, 0.2) is 4.90 Å². The molecule has 0 saturated heterocycles. The summed E-state index contributed by atoms with van der Waals surface area (Å²) in [7, 11) is -4.66. The van der Waals surface area contributed by atoms with E-state index in [1.54, 1.807) is 0 Å². The molecule has 0 saturated carbocycles. The summed E-state index contributed by atoms with van der Waals surface area (Å²) in [5.41, 5.74) is 0. The first-order valence-electron chi connectivity index (χ1n) is 3.86. The summed E-state index contributed by atoms with van der Waals surface area (Å²) in [4.78, 5) is -1.36. The maximum absolute atomic E-state index is 13.0. The molecule has 0 aliphatic carbocycles. The predicted octanol–water partition coefficient (Wildman–Crippen LogP) is 1.44. The lowest BCUT2D eigenvalue weighted by atomic mass is 10.3. The van der Waals surface area contributed by atoms with Crippen LogP contribution in [-0.4, -0.2) is 15.0 Å². The quantitative estimate of drug-likeness (QED) is 0.602. The Hall–Kier alpha value is -1.52. The van der Waals surface area contributed by atoms with Gasteiger partial charge in [0.25, 0.3) is 0 Å². The van der Waals surface area contributed by atoms with Crippen molar-refractivity contribution in [1.29, 1.82) is 0 Å². The number of benzene rings is 1. The highest BCUT2D eigenvalue weighted by molar-refractivity contribution is 7.86. The molecule has 0 bridgehead atoms. The fourth-order valence-corrected chi connectivity index (χ4v) is 1.87. The molecule has 1 aromatic carbocycles. The first kappa shape index (κ1) is 12.5. The highest BCUT2D eigenvalue weighted by Crippen LogP contribution is 2.21. The third-order valence-corrected chi connectivity index (χ3v) is 2.83. The average molecular weight is 250 g/mol. The van der Waals surface area contributed by atoms with E-state index in [1.807, 2.05) is 5.92 Å². The van der Waals surface area contributed by atoms with E-state index in [4.69, 9.17) is 6.42 Å². The van der Waals surface area contributed by atoms with E-state index in [1.165, 1.54) is 0 Å². The van der Waals surface area contributed by atoms with Gasteiger partial charge in [-0.2, -0.15) is 8.42 Å². The molecule has 0 amide bonds. The van der Waals surface area contributed by atoms with Crippen LogP contribution in [0.4, 0.5) is 13.2 Å². The van der Waals surface area contributed by atoms with Gasteiger partial charge in [0.05, 0.1) is 0 Å². The van der Waals surface area contributed by atoms with Crippen LogP contribution >= 0.6 is 0 Å². The highest BCUT2D eigenvalue weighted by Gasteiger charge is 2.25. The molecule has 0 fully saturated rings. The molecule has 7 heteroatoms. The lowest BCUT2D eigenvalue weighted by Crippen LogP contribution is -2.11. The molecule has 1 aromatic rings. The van der Waals surface area contributed by atoms with Gasteiger partial charge >= 0.3 is 10.1 Å². The van der Waals surface area contributed by atoms with E-state index in [0.717, 1.165) is 0 Å². The first-order valence-corrected chi connectivity index (χ1v) is 5.26. The van der Waals surface area contributed by atoms with Crippen molar-refractivity contribution < 1.29 is 25.8 Å². The van der Waals surface area contributed by atoms with Crippen LogP contribution in [0.5, 0.6) is 0 Å². The van der Waals surface area contributed by atoms with Gasteiger partial charge < -0.3 is 0 Å². The number of terminal acetylenes is 1. The van der Waals surface area contributed by atoms with Gasteiger partial charge in [-0.15, -0.1) is 6.42 Å². The maximum Gasteiger partial charge on any atom is 0.303 e. The number of hydrogen-bond acceptors (Lipinski definition) is 3. The van der Waals surface area contributed by atoms with E-state index in [9.17, 15) is 21.6 Å². The Labute approximate surface area is 90.0 Å². The molecule has 0 radical (unpaired) electrons. The van der Waals surface area contributed by atoms with Gasteiger partial charge in [0, 0.05) is 12.1 Å². The molecule has 0 unspecified atom stereocenters. The van der Waals surface area contributed by atoms with Crippen LogP contribution in [0.2, 0.25) is 0 Å². The van der Waals surface area contributed by atoms with Crippen LogP contribution < -0.4 is 0 Å². The molecule has 0 atom stereocenters. The molecule has 1 rings (SSSR count). The molecule has 86 valence electrons. The zero-order valence-corrected chi connectivity index (χ0v) is 8.52. The Morgan fingerprint density at radius 2 is 1.75 bits per heavy atom. The fraction of sp³-hybridized carbons (Fsp3) is 0.111. The summed E-state index contributed by atoms with van der Waals surface area (Å²) in [5.74, 6) is -2.56. The molecule has 0 spiro atoms. The highest BCUT2D eigenvalue weighted by atomic mass is 32.2. The van der Waals surface area contributed by atoms with Crippen molar-refractivity contribution in [2.24, 2.45) is 0 Å². The van der Waals surface area contributed by atoms with Crippen LogP contribution in [-0.2, 0) is 14.3 Å². The minimum atomic E-state index is -4.66. The van der Waals surface area contributed by atoms with E-state index in [0.29, 0.717) is 0 Å². The summed E-state index contributed by atoms with van der Waals surface area (Å²) in [6.45, 7) is -0.668. The van der Waals surface area contributed by atoms with Crippen LogP contribution in [0, 0.1) is 29.8 Å². The molecule has 16 heavy (non-hydrogen) atoms. The molecule has 0 heterocycles. The second kappa shape index (κ2) is 4.55. The molecule has 0 aromatic heterocycles. The Kier molecular flexibility index (Phi) is 3.57. The largest absolute Gasteiger partial charge is 0.303 e. The molecular weight excluding hydrogens is 245 g/mol. The number of halogens is 3. The SMILES string of the molecule is C#CCOS(=O)(=O)c1c(F)cc(F)cc1F. The van der Waals surface area contributed by atoms with Gasteiger partial charge in [-0.25, -0.2) is 13.2 Å². The van der Waals surface area contributed by atoms with Crippen molar-refractivity contribution in [2.75, 3.05) is 6.61 Å². The molecular formula is C9H5F3O3S. The molecule has 0 aliphatic rings. The maximum atomic E-state index is 13.0. The second-order valence-corrected chi connectivity index (χ2v) is 4.17. The summed E-state index contributed by atoms with van der Waals surface area (Å²) in [6.07, 6.45) is 4.73. The lowest BCUT2D eigenvalue weighted by Gasteiger charge is -2.05. The van der Waals surface area contributed by atoms with Gasteiger partial charge in [-0.1, -0.05) is 5.92 Å². The van der Waals surface area contributed by atoms with Crippen LogP contribution in [0.15, 0.2) is 17.0 Å². The topological polar surface area (TPSA) is 43.4 Å². The van der Waals surface area contributed by atoms with Crippen molar-refractivity contribution >= 4 is 10.1 Å². The van der Waals surface area contributed by atoms with Crippen LogP contribution in [0.1, 0.15) is 0 Å². The first-order chi connectivity index (χ1) is 7.38. The van der Waals surface area contributed by atoms with E-state index >= 15 is 0 Å². The van der Waals surface area contributed by atoms with Gasteiger partial charge in [0.1, 0.15) is 24.1 Å². The zero-order valence-electron chi connectivity index (χ0n) is 7.71.